The van der Waals surface area contributed by atoms with Crippen LogP contribution in [0.2, 0.25) is 0 Å². The average Bonchev–Trinajstić information content (AvgIpc) is 2.48. The van der Waals surface area contributed by atoms with E-state index in [2.05, 4.69) is 29.0 Å². The van der Waals surface area contributed by atoms with Crippen LogP contribution < -0.4 is 5.32 Å². The molecule has 2 aliphatic rings. The summed E-state index contributed by atoms with van der Waals surface area (Å²) >= 11 is 0. The minimum atomic E-state index is 0.393. The van der Waals surface area contributed by atoms with Crippen molar-refractivity contribution in [3.05, 3.63) is 0 Å². The molecule has 4 heteroatoms. The third kappa shape index (κ3) is 5.03. The second kappa shape index (κ2) is 8.20. The molecule has 0 radical (unpaired) electrons. The lowest BCUT2D eigenvalue weighted by Gasteiger charge is -2.33. The number of hydrogen-bond acceptors (Lipinski definition) is 4. The summed E-state index contributed by atoms with van der Waals surface area (Å²) in [6.07, 6.45) is 3.10. The van der Waals surface area contributed by atoms with Crippen molar-refractivity contribution in [3.8, 4) is 0 Å². The molecule has 0 aromatic rings. The Morgan fingerprint density at radius 1 is 1.00 bits per heavy atom. The summed E-state index contributed by atoms with van der Waals surface area (Å²) in [7, 11) is 0. The largest absolute Gasteiger partial charge is 0.374 e. The van der Waals surface area contributed by atoms with Crippen molar-refractivity contribution in [2.45, 2.75) is 32.8 Å². The van der Waals surface area contributed by atoms with Gasteiger partial charge in [-0.25, -0.2) is 0 Å². The Labute approximate surface area is 118 Å². The van der Waals surface area contributed by atoms with E-state index in [4.69, 9.17) is 4.74 Å². The predicted molar refractivity (Wildman–Crippen MR) is 79.6 cm³/mol. The summed E-state index contributed by atoms with van der Waals surface area (Å²) in [5, 5.41) is 3.63. The molecule has 0 amide bonds. The first-order valence-corrected chi connectivity index (χ1v) is 8.08. The van der Waals surface area contributed by atoms with Gasteiger partial charge in [0.25, 0.3) is 0 Å². The Hall–Kier alpha value is -0.160. The molecule has 0 aromatic carbocycles. The predicted octanol–water partition coefficient (Wildman–Crippen LogP) is 1.03. The van der Waals surface area contributed by atoms with Gasteiger partial charge in [-0.05, 0) is 51.5 Å². The molecule has 0 aromatic heterocycles. The Balaban J connectivity index is 1.56. The fourth-order valence-electron chi connectivity index (χ4n) is 3.15. The van der Waals surface area contributed by atoms with Gasteiger partial charge in [-0.2, -0.15) is 0 Å². The fourth-order valence-corrected chi connectivity index (χ4v) is 3.15. The fraction of sp³-hybridized carbons (Fsp3) is 1.00. The van der Waals surface area contributed by atoms with Crippen LogP contribution in [0.25, 0.3) is 0 Å². The highest BCUT2D eigenvalue weighted by molar-refractivity contribution is 4.76. The number of hydrogen-bond donors (Lipinski definition) is 1. The first kappa shape index (κ1) is 15.2. The molecule has 0 aliphatic carbocycles. The number of ether oxygens (including phenoxy) is 1. The Morgan fingerprint density at radius 3 is 2.42 bits per heavy atom. The quantitative estimate of drug-likeness (QED) is 0.779. The zero-order valence-electron chi connectivity index (χ0n) is 12.7. The number of rotatable bonds is 6. The van der Waals surface area contributed by atoms with Crippen LogP contribution >= 0.6 is 0 Å². The number of nitrogens with zero attached hydrogens (tertiary/aromatic N) is 2. The lowest BCUT2D eigenvalue weighted by Crippen LogP contribution is -2.47. The lowest BCUT2D eigenvalue weighted by molar-refractivity contribution is -0.0257. The minimum absolute atomic E-state index is 0.393. The molecule has 0 bridgehead atoms. The Morgan fingerprint density at radius 2 is 1.74 bits per heavy atom. The van der Waals surface area contributed by atoms with Crippen molar-refractivity contribution in [3.63, 3.8) is 0 Å². The molecular formula is C15H31N3O. The third-order valence-corrected chi connectivity index (χ3v) is 4.63. The van der Waals surface area contributed by atoms with Crippen molar-refractivity contribution < 1.29 is 4.74 Å². The van der Waals surface area contributed by atoms with Crippen molar-refractivity contribution in [1.82, 2.24) is 15.1 Å². The maximum Gasteiger partial charge on any atom is 0.0826 e. The van der Waals surface area contributed by atoms with Gasteiger partial charge in [0, 0.05) is 19.6 Å². The number of likely N-dealkylation sites (tertiary alicyclic amines) is 1. The standard InChI is InChI=1S/C15H31N3O/c1-3-17-7-5-14(6-8-17)11-16-12-15-13-18(4-2)9-10-19-15/h14-16H,3-13H2,1-2H3. The van der Waals surface area contributed by atoms with Gasteiger partial charge in [-0.1, -0.05) is 13.8 Å². The molecule has 1 atom stereocenters. The summed E-state index contributed by atoms with van der Waals surface area (Å²) in [6.45, 7) is 14.7. The number of piperidine rings is 1. The van der Waals surface area contributed by atoms with Crippen LogP contribution in [-0.2, 0) is 4.74 Å². The van der Waals surface area contributed by atoms with E-state index in [1.54, 1.807) is 0 Å². The van der Waals surface area contributed by atoms with Crippen LogP contribution in [0.3, 0.4) is 0 Å². The molecule has 19 heavy (non-hydrogen) atoms. The van der Waals surface area contributed by atoms with Gasteiger partial charge in [-0.3, -0.25) is 4.90 Å². The van der Waals surface area contributed by atoms with E-state index in [1.165, 1.54) is 39.0 Å². The van der Waals surface area contributed by atoms with Gasteiger partial charge >= 0.3 is 0 Å². The zero-order chi connectivity index (χ0) is 13.5. The van der Waals surface area contributed by atoms with E-state index < -0.39 is 0 Å². The van der Waals surface area contributed by atoms with Crippen molar-refractivity contribution in [2.75, 3.05) is 59.0 Å². The Kier molecular flexibility index (Phi) is 6.57. The molecular weight excluding hydrogens is 238 g/mol. The van der Waals surface area contributed by atoms with Crippen LogP contribution in [0.15, 0.2) is 0 Å². The van der Waals surface area contributed by atoms with Gasteiger partial charge in [-0.15, -0.1) is 0 Å². The molecule has 2 saturated heterocycles. The van der Waals surface area contributed by atoms with Crippen LogP contribution in [0.4, 0.5) is 0 Å². The molecule has 0 spiro atoms. The number of morpholine rings is 1. The van der Waals surface area contributed by atoms with Gasteiger partial charge < -0.3 is 15.0 Å². The van der Waals surface area contributed by atoms with Gasteiger partial charge in [0.05, 0.1) is 12.7 Å². The maximum atomic E-state index is 5.82. The van der Waals surface area contributed by atoms with Crippen molar-refractivity contribution in [1.29, 1.82) is 0 Å². The molecule has 2 heterocycles. The monoisotopic (exact) mass is 269 g/mol. The molecule has 2 rings (SSSR count). The van der Waals surface area contributed by atoms with Crippen molar-refractivity contribution >= 4 is 0 Å². The highest BCUT2D eigenvalue weighted by atomic mass is 16.5. The third-order valence-electron chi connectivity index (χ3n) is 4.63. The summed E-state index contributed by atoms with van der Waals surface area (Å²) in [5.74, 6) is 0.869. The first-order chi connectivity index (χ1) is 9.31. The van der Waals surface area contributed by atoms with E-state index in [0.717, 1.165) is 38.7 Å². The highest BCUT2D eigenvalue weighted by Crippen LogP contribution is 2.15. The lowest BCUT2D eigenvalue weighted by atomic mass is 9.97. The molecule has 2 aliphatic heterocycles. The summed E-state index contributed by atoms with van der Waals surface area (Å²) < 4.78 is 5.82. The van der Waals surface area contributed by atoms with Crippen molar-refractivity contribution in [2.24, 2.45) is 5.92 Å². The van der Waals surface area contributed by atoms with Crippen LogP contribution in [0, 0.1) is 5.92 Å². The Bertz CT molecular complexity index is 242. The summed E-state index contributed by atoms with van der Waals surface area (Å²) in [4.78, 5) is 5.04. The second-order valence-corrected chi connectivity index (χ2v) is 5.92. The molecule has 1 N–H and O–H groups in total. The van der Waals surface area contributed by atoms with Crippen LogP contribution in [0.1, 0.15) is 26.7 Å². The van der Waals surface area contributed by atoms with Gasteiger partial charge in [0.15, 0.2) is 0 Å². The van der Waals surface area contributed by atoms with E-state index in [-0.39, 0.29) is 0 Å². The molecule has 112 valence electrons. The SMILES string of the molecule is CCN1CCC(CNCC2CN(CC)CCO2)CC1. The average molecular weight is 269 g/mol. The molecule has 0 saturated carbocycles. The second-order valence-electron chi connectivity index (χ2n) is 5.92. The molecule has 1 unspecified atom stereocenters. The van der Waals surface area contributed by atoms with Gasteiger partial charge in [0.2, 0.25) is 0 Å². The van der Waals surface area contributed by atoms with Gasteiger partial charge in [0.1, 0.15) is 0 Å². The normalized spacial score (nSPS) is 27.8. The topological polar surface area (TPSA) is 27.7 Å². The van der Waals surface area contributed by atoms with E-state index in [0.29, 0.717) is 6.10 Å². The maximum absolute atomic E-state index is 5.82. The minimum Gasteiger partial charge on any atom is -0.374 e. The van der Waals surface area contributed by atoms with E-state index >= 15 is 0 Å². The number of nitrogens with one attached hydrogen (secondary N) is 1. The summed E-state index contributed by atoms with van der Waals surface area (Å²) in [6, 6.07) is 0. The van der Waals surface area contributed by atoms with Crippen LogP contribution in [-0.4, -0.2) is 74.9 Å². The van der Waals surface area contributed by atoms with E-state index in [9.17, 15) is 0 Å². The highest BCUT2D eigenvalue weighted by Gasteiger charge is 2.21. The zero-order valence-corrected chi connectivity index (χ0v) is 12.7. The summed E-state index contributed by atoms with van der Waals surface area (Å²) in [5.41, 5.74) is 0. The first-order valence-electron chi connectivity index (χ1n) is 8.08. The molecule has 4 nitrogen and oxygen atoms in total. The van der Waals surface area contributed by atoms with Crippen LogP contribution in [0.5, 0.6) is 0 Å². The molecule has 2 fully saturated rings. The smallest absolute Gasteiger partial charge is 0.0826 e. The number of likely N-dealkylation sites (N-methyl/N-ethyl adjacent to an activating group) is 1. The van der Waals surface area contributed by atoms with E-state index in [1.807, 2.05) is 0 Å².